The minimum Gasteiger partial charge on any atom is -0.379 e. The second kappa shape index (κ2) is 9.26. The first kappa shape index (κ1) is 23.2. The van der Waals surface area contributed by atoms with Crippen molar-refractivity contribution in [3.8, 4) is 5.69 Å². The summed E-state index contributed by atoms with van der Waals surface area (Å²) in [6, 6.07) is 20.2. The molecule has 180 valence electrons. The Hall–Kier alpha value is -3.53. The number of nitrogens with zero attached hydrogens (tertiary/aromatic N) is 3. The number of hydrogen-bond donors (Lipinski definition) is 1. The molecule has 1 aromatic heterocycles. The molecule has 0 spiro atoms. The van der Waals surface area contributed by atoms with Gasteiger partial charge in [-0.25, -0.2) is 13.1 Å². The smallest absolute Gasteiger partial charge is 0.255 e. The van der Waals surface area contributed by atoms with Crippen molar-refractivity contribution in [2.75, 3.05) is 31.6 Å². The normalized spacial score (nSPS) is 14.8. The Morgan fingerprint density at radius 3 is 2.34 bits per heavy atom. The van der Waals surface area contributed by atoms with Crippen LogP contribution in [0.5, 0.6) is 0 Å². The van der Waals surface area contributed by atoms with Crippen LogP contribution in [-0.4, -0.2) is 54.7 Å². The highest BCUT2D eigenvalue weighted by atomic mass is 32.2. The Morgan fingerprint density at radius 2 is 1.63 bits per heavy atom. The lowest BCUT2D eigenvalue weighted by Gasteiger charge is -2.26. The van der Waals surface area contributed by atoms with Crippen LogP contribution in [0.25, 0.3) is 16.5 Å². The maximum atomic E-state index is 13.0. The van der Waals surface area contributed by atoms with Gasteiger partial charge in [0.1, 0.15) is 0 Å². The molecule has 8 nitrogen and oxygen atoms in total. The molecule has 3 aromatic carbocycles. The van der Waals surface area contributed by atoms with E-state index in [2.05, 4.69) is 28.6 Å². The first-order valence-corrected chi connectivity index (χ1v) is 12.8. The second-order valence-electron chi connectivity index (χ2n) is 8.48. The van der Waals surface area contributed by atoms with Crippen molar-refractivity contribution in [2.45, 2.75) is 18.7 Å². The average molecular weight is 491 g/mol. The summed E-state index contributed by atoms with van der Waals surface area (Å²) in [5.74, 6) is -0.329. The number of rotatable bonds is 5. The van der Waals surface area contributed by atoms with Gasteiger partial charge in [-0.2, -0.15) is 9.40 Å². The van der Waals surface area contributed by atoms with E-state index >= 15 is 0 Å². The molecule has 1 amide bonds. The predicted octanol–water partition coefficient (Wildman–Crippen LogP) is 3.92. The summed E-state index contributed by atoms with van der Waals surface area (Å²) < 4.78 is 34.1. The van der Waals surface area contributed by atoms with Gasteiger partial charge in [-0.15, -0.1) is 0 Å². The molecule has 0 radical (unpaired) electrons. The van der Waals surface area contributed by atoms with Crippen LogP contribution < -0.4 is 5.32 Å². The van der Waals surface area contributed by atoms with Crippen LogP contribution in [0.15, 0.2) is 71.6 Å². The van der Waals surface area contributed by atoms with Crippen molar-refractivity contribution in [1.29, 1.82) is 0 Å². The van der Waals surface area contributed by atoms with E-state index in [9.17, 15) is 13.2 Å². The van der Waals surface area contributed by atoms with Crippen molar-refractivity contribution < 1.29 is 17.9 Å². The Morgan fingerprint density at radius 1 is 0.943 bits per heavy atom. The molecular weight excluding hydrogens is 464 g/mol. The number of fused-ring (bicyclic) bond motifs is 1. The Balaban J connectivity index is 1.36. The number of anilines is 1. The number of ether oxygens (including phenoxy) is 1. The molecule has 5 rings (SSSR count). The molecular formula is C26H26N4O4S. The lowest BCUT2D eigenvalue weighted by molar-refractivity contribution is 0.0730. The average Bonchev–Trinajstić information content (AvgIpc) is 3.17. The molecule has 2 heterocycles. The molecule has 0 atom stereocenters. The fraction of sp³-hybridized carbons (Fsp3) is 0.231. The van der Waals surface area contributed by atoms with Crippen LogP contribution in [0.4, 0.5) is 5.69 Å². The van der Waals surface area contributed by atoms with E-state index < -0.39 is 10.0 Å². The SMILES string of the molecule is Cc1nn(-c2ccc3ccccc3c2)c(C)c1NC(=O)c1ccc(S(=O)(=O)N2CCOCC2)cc1. The fourth-order valence-electron chi connectivity index (χ4n) is 4.28. The van der Waals surface area contributed by atoms with Gasteiger partial charge in [-0.3, -0.25) is 4.79 Å². The standard InChI is InChI=1S/C26H26N4O4S/c1-18-25(19(2)30(28-18)23-10-7-20-5-3-4-6-22(20)17-23)27-26(31)21-8-11-24(12-9-21)35(32,33)29-13-15-34-16-14-29/h3-12,17H,13-16H2,1-2H3,(H,27,31). The topological polar surface area (TPSA) is 93.5 Å². The summed E-state index contributed by atoms with van der Waals surface area (Å²) in [5, 5.41) is 9.83. The summed E-state index contributed by atoms with van der Waals surface area (Å²) in [7, 11) is -3.61. The number of morpholine rings is 1. The maximum Gasteiger partial charge on any atom is 0.255 e. The van der Waals surface area contributed by atoms with Crippen LogP contribution in [0.1, 0.15) is 21.7 Å². The maximum absolute atomic E-state index is 13.0. The van der Waals surface area contributed by atoms with Gasteiger partial charge in [-0.05, 0) is 61.0 Å². The van der Waals surface area contributed by atoms with Crippen molar-refractivity contribution in [1.82, 2.24) is 14.1 Å². The van der Waals surface area contributed by atoms with E-state index in [0.29, 0.717) is 43.2 Å². The Bertz CT molecular complexity index is 1500. The quantitative estimate of drug-likeness (QED) is 0.458. The third kappa shape index (κ3) is 4.45. The van der Waals surface area contributed by atoms with E-state index in [4.69, 9.17) is 4.74 Å². The number of amides is 1. The number of aryl methyl sites for hydroxylation is 1. The minimum atomic E-state index is -3.61. The van der Waals surface area contributed by atoms with Gasteiger partial charge in [0, 0.05) is 18.7 Å². The highest BCUT2D eigenvalue weighted by molar-refractivity contribution is 7.89. The zero-order valence-electron chi connectivity index (χ0n) is 19.6. The third-order valence-electron chi connectivity index (χ3n) is 6.23. The molecule has 1 aliphatic heterocycles. The number of sulfonamides is 1. The molecule has 0 unspecified atom stereocenters. The highest BCUT2D eigenvalue weighted by Gasteiger charge is 2.26. The van der Waals surface area contributed by atoms with Gasteiger partial charge in [0.15, 0.2) is 0 Å². The summed E-state index contributed by atoms with van der Waals surface area (Å²) in [6.07, 6.45) is 0. The number of benzene rings is 3. The fourth-order valence-corrected chi connectivity index (χ4v) is 5.69. The van der Waals surface area contributed by atoms with Crippen molar-refractivity contribution in [3.63, 3.8) is 0 Å². The van der Waals surface area contributed by atoms with Gasteiger partial charge >= 0.3 is 0 Å². The Kier molecular flexibility index (Phi) is 6.14. The number of carbonyl (C=O) groups is 1. The zero-order valence-corrected chi connectivity index (χ0v) is 20.4. The zero-order chi connectivity index (χ0) is 24.6. The number of aromatic nitrogens is 2. The Labute approximate surface area is 204 Å². The van der Waals surface area contributed by atoms with Crippen molar-refractivity contribution in [3.05, 3.63) is 83.7 Å². The molecule has 1 N–H and O–H groups in total. The third-order valence-corrected chi connectivity index (χ3v) is 8.14. The second-order valence-corrected chi connectivity index (χ2v) is 10.4. The molecule has 1 saturated heterocycles. The summed E-state index contributed by atoms with van der Waals surface area (Å²) >= 11 is 0. The summed E-state index contributed by atoms with van der Waals surface area (Å²) in [5.41, 5.74) is 3.40. The van der Waals surface area contributed by atoms with E-state index in [1.165, 1.54) is 28.6 Å². The molecule has 0 bridgehead atoms. The molecule has 1 fully saturated rings. The lowest BCUT2D eigenvalue weighted by atomic mass is 10.1. The lowest BCUT2D eigenvalue weighted by Crippen LogP contribution is -2.40. The van der Waals surface area contributed by atoms with Crippen LogP contribution in [0.2, 0.25) is 0 Å². The molecule has 1 aliphatic rings. The van der Waals surface area contributed by atoms with Gasteiger partial charge in [-0.1, -0.05) is 30.3 Å². The van der Waals surface area contributed by atoms with Gasteiger partial charge in [0.25, 0.3) is 5.91 Å². The minimum absolute atomic E-state index is 0.160. The summed E-state index contributed by atoms with van der Waals surface area (Å²) in [6.45, 7) is 5.16. The number of carbonyl (C=O) groups excluding carboxylic acids is 1. The van der Waals surface area contributed by atoms with Gasteiger partial charge < -0.3 is 10.1 Å². The van der Waals surface area contributed by atoms with E-state index in [0.717, 1.165) is 22.2 Å². The molecule has 0 aliphatic carbocycles. The van der Waals surface area contributed by atoms with Crippen LogP contribution in [0.3, 0.4) is 0 Å². The van der Waals surface area contributed by atoms with Crippen molar-refractivity contribution in [2.24, 2.45) is 0 Å². The van der Waals surface area contributed by atoms with E-state index in [1.54, 1.807) is 0 Å². The van der Waals surface area contributed by atoms with E-state index in [1.807, 2.05) is 42.8 Å². The van der Waals surface area contributed by atoms with Gasteiger partial charge in [0.05, 0.1) is 40.9 Å². The van der Waals surface area contributed by atoms with Crippen LogP contribution in [-0.2, 0) is 14.8 Å². The van der Waals surface area contributed by atoms with Crippen LogP contribution in [0, 0.1) is 13.8 Å². The van der Waals surface area contributed by atoms with Crippen LogP contribution >= 0.6 is 0 Å². The number of hydrogen-bond acceptors (Lipinski definition) is 5. The molecule has 0 saturated carbocycles. The summed E-state index contributed by atoms with van der Waals surface area (Å²) in [4.78, 5) is 13.1. The van der Waals surface area contributed by atoms with E-state index in [-0.39, 0.29) is 10.8 Å². The molecule has 9 heteroatoms. The number of nitrogens with one attached hydrogen (secondary N) is 1. The highest BCUT2D eigenvalue weighted by Crippen LogP contribution is 2.26. The molecule has 35 heavy (non-hydrogen) atoms. The van der Waals surface area contributed by atoms with Crippen molar-refractivity contribution >= 4 is 32.4 Å². The largest absolute Gasteiger partial charge is 0.379 e. The first-order valence-electron chi connectivity index (χ1n) is 11.4. The first-order chi connectivity index (χ1) is 16.8. The monoisotopic (exact) mass is 490 g/mol. The predicted molar refractivity (Wildman–Crippen MR) is 135 cm³/mol. The van der Waals surface area contributed by atoms with Gasteiger partial charge in [0.2, 0.25) is 10.0 Å². The molecule has 4 aromatic rings.